The topological polar surface area (TPSA) is 88.7 Å². The normalized spacial score (nSPS) is 10.4. The van der Waals surface area contributed by atoms with Gasteiger partial charge in [-0.15, -0.1) is 0 Å². The summed E-state index contributed by atoms with van der Waals surface area (Å²) < 4.78 is 6.93. The van der Waals surface area contributed by atoms with Crippen LogP contribution in [0.2, 0.25) is 0 Å². The standard InChI is InChI=1S/C9H11N5O2S/c1-2-14-7(11-12-9(14)17)5-10-8(15)6-3-4-16-13-6/h3-4H,2,5H2,1H3,(H,10,15)(H,12,17). The lowest BCUT2D eigenvalue weighted by atomic mass is 10.4. The van der Waals surface area contributed by atoms with E-state index in [1.54, 1.807) is 4.57 Å². The first-order valence-corrected chi connectivity index (χ1v) is 5.46. The van der Waals surface area contributed by atoms with E-state index in [1.807, 2.05) is 6.92 Å². The van der Waals surface area contributed by atoms with Gasteiger partial charge < -0.3 is 14.4 Å². The van der Waals surface area contributed by atoms with Crippen molar-refractivity contribution in [3.63, 3.8) is 0 Å². The minimum atomic E-state index is -0.310. The summed E-state index contributed by atoms with van der Waals surface area (Å²) in [5.41, 5.74) is 0.238. The molecule has 0 aliphatic heterocycles. The molecule has 0 aliphatic carbocycles. The molecule has 0 atom stereocenters. The Bertz CT molecular complexity index is 556. The molecule has 0 aliphatic rings. The summed E-state index contributed by atoms with van der Waals surface area (Å²) in [7, 11) is 0. The number of aromatic nitrogens is 4. The Balaban J connectivity index is 2.03. The number of H-pyrrole nitrogens is 1. The Hall–Kier alpha value is -1.96. The molecule has 2 aromatic rings. The second kappa shape index (κ2) is 4.91. The average Bonchev–Trinajstić information content (AvgIpc) is 2.95. The van der Waals surface area contributed by atoms with E-state index in [-0.39, 0.29) is 18.1 Å². The van der Waals surface area contributed by atoms with Crippen LogP contribution in [0.5, 0.6) is 0 Å². The second-order valence-corrected chi connectivity index (χ2v) is 3.64. The Morgan fingerprint density at radius 3 is 3.18 bits per heavy atom. The molecule has 7 nitrogen and oxygen atoms in total. The Morgan fingerprint density at radius 2 is 2.53 bits per heavy atom. The highest BCUT2D eigenvalue weighted by Crippen LogP contribution is 1.99. The molecule has 8 heteroatoms. The van der Waals surface area contributed by atoms with Gasteiger partial charge in [-0.3, -0.25) is 9.89 Å². The molecule has 2 N–H and O–H groups in total. The van der Waals surface area contributed by atoms with E-state index < -0.39 is 0 Å². The van der Waals surface area contributed by atoms with Gasteiger partial charge in [-0.05, 0) is 19.1 Å². The second-order valence-electron chi connectivity index (χ2n) is 3.26. The zero-order valence-electron chi connectivity index (χ0n) is 9.14. The number of hydrogen-bond donors (Lipinski definition) is 2. The zero-order valence-corrected chi connectivity index (χ0v) is 9.95. The van der Waals surface area contributed by atoms with Crippen molar-refractivity contribution in [3.8, 4) is 0 Å². The largest absolute Gasteiger partial charge is 0.364 e. The molecule has 1 amide bonds. The van der Waals surface area contributed by atoms with Crippen molar-refractivity contribution in [2.75, 3.05) is 0 Å². The van der Waals surface area contributed by atoms with E-state index in [9.17, 15) is 4.79 Å². The van der Waals surface area contributed by atoms with Gasteiger partial charge in [-0.25, -0.2) is 0 Å². The first kappa shape index (κ1) is 11.5. The summed E-state index contributed by atoms with van der Waals surface area (Å²) in [6.45, 7) is 2.94. The van der Waals surface area contributed by atoms with Crippen LogP contribution in [-0.4, -0.2) is 25.8 Å². The third-order valence-electron chi connectivity index (χ3n) is 2.23. The van der Waals surface area contributed by atoms with Crippen LogP contribution in [-0.2, 0) is 13.1 Å². The van der Waals surface area contributed by atoms with Crippen molar-refractivity contribution in [2.45, 2.75) is 20.0 Å². The number of nitrogens with zero attached hydrogens (tertiary/aromatic N) is 3. The van der Waals surface area contributed by atoms with Crippen molar-refractivity contribution in [1.29, 1.82) is 0 Å². The van der Waals surface area contributed by atoms with E-state index in [0.717, 1.165) is 0 Å². The predicted octanol–water partition coefficient (Wildman–Crippen LogP) is 0.879. The van der Waals surface area contributed by atoms with Crippen molar-refractivity contribution >= 4 is 18.1 Å². The number of hydrogen-bond acceptors (Lipinski definition) is 5. The molecule has 17 heavy (non-hydrogen) atoms. The molecule has 2 aromatic heterocycles. The molecular weight excluding hydrogens is 242 g/mol. The van der Waals surface area contributed by atoms with Gasteiger partial charge >= 0.3 is 0 Å². The van der Waals surface area contributed by atoms with Crippen molar-refractivity contribution in [2.24, 2.45) is 0 Å². The number of aromatic amines is 1. The van der Waals surface area contributed by atoms with E-state index in [4.69, 9.17) is 12.2 Å². The van der Waals surface area contributed by atoms with Crippen molar-refractivity contribution in [3.05, 3.63) is 28.6 Å². The minimum absolute atomic E-state index is 0.238. The van der Waals surface area contributed by atoms with Crippen LogP contribution < -0.4 is 5.32 Å². The molecule has 0 unspecified atom stereocenters. The van der Waals surface area contributed by atoms with Gasteiger partial charge in [0.25, 0.3) is 5.91 Å². The first-order chi connectivity index (χ1) is 8.22. The highest BCUT2D eigenvalue weighted by molar-refractivity contribution is 7.71. The Morgan fingerprint density at radius 1 is 1.71 bits per heavy atom. The van der Waals surface area contributed by atoms with E-state index >= 15 is 0 Å². The fourth-order valence-electron chi connectivity index (χ4n) is 1.39. The van der Waals surface area contributed by atoms with Crippen LogP contribution in [0, 0.1) is 4.77 Å². The van der Waals surface area contributed by atoms with Crippen LogP contribution in [0.4, 0.5) is 0 Å². The SMILES string of the molecule is CCn1c(CNC(=O)c2ccon2)n[nH]c1=S. The molecular formula is C9H11N5O2S. The summed E-state index contributed by atoms with van der Waals surface area (Å²) in [5, 5.41) is 12.9. The molecule has 2 heterocycles. The average molecular weight is 253 g/mol. The maximum Gasteiger partial charge on any atom is 0.273 e. The van der Waals surface area contributed by atoms with Crippen LogP contribution in [0.15, 0.2) is 16.9 Å². The molecule has 0 saturated heterocycles. The van der Waals surface area contributed by atoms with Gasteiger partial charge in [0.2, 0.25) is 0 Å². The third kappa shape index (κ3) is 2.41. The van der Waals surface area contributed by atoms with Gasteiger partial charge in [0.05, 0.1) is 6.54 Å². The monoisotopic (exact) mass is 253 g/mol. The van der Waals surface area contributed by atoms with Gasteiger partial charge in [0.15, 0.2) is 16.3 Å². The van der Waals surface area contributed by atoms with Crippen LogP contribution in [0.1, 0.15) is 23.2 Å². The van der Waals surface area contributed by atoms with Crippen molar-refractivity contribution < 1.29 is 9.32 Å². The Labute approximate surface area is 102 Å². The van der Waals surface area contributed by atoms with E-state index in [1.165, 1.54) is 12.3 Å². The molecule has 0 bridgehead atoms. The maximum absolute atomic E-state index is 11.6. The summed E-state index contributed by atoms with van der Waals surface area (Å²) in [4.78, 5) is 11.6. The van der Waals surface area contributed by atoms with Crippen LogP contribution in [0.3, 0.4) is 0 Å². The number of nitrogens with one attached hydrogen (secondary N) is 2. The fraction of sp³-hybridized carbons (Fsp3) is 0.333. The number of carbonyl (C=O) groups excluding carboxylic acids is 1. The summed E-state index contributed by atoms with van der Waals surface area (Å²) in [5.74, 6) is 0.365. The molecule has 0 saturated carbocycles. The van der Waals surface area contributed by atoms with Crippen LogP contribution >= 0.6 is 12.2 Å². The lowest BCUT2D eigenvalue weighted by Crippen LogP contribution is -2.25. The Kier molecular flexibility index (Phi) is 3.33. The highest BCUT2D eigenvalue weighted by atomic mass is 32.1. The molecule has 0 fully saturated rings. The van der Waals surface area contributed by atoms with E-state index in [0.29, 0.717) is 17.1 Å². The van der Waals surface area contributed by atoms with Gasteiger partial charge in [-0.1, -0.05) is 5.16 Å². The third-order valence-corrected chi connectivity index (χ3v) is 2.54. The first-order valence-electron chi connectivity index (χ1n) is 5.05. The van der Waals surface area contributed by atoms with Gasteiger partial charge in [0, 0.05) is 12.6 Å². The number of rotatable bonds is 4. The lowest BCUT2D eigenvalue weighted by molar-refractivity contribution is 0.0940. The van der Waals surface area contributed by atoms with Crippen molar-refractivity contribution in [1.82, 2.24) is 25.2 Å². The minimum Gasteiger partial charge on any atom is -0.364 e. The zero-order chi connectivity index (χ0) is 12.3. The predicted molar refractivity (Wildman–Crippen MR) is 60.8 cm³/mol. The quantitative estimate of drug-likeness (QED) is 0.789. The molecule has 90 valence electrons. The van der Waals surface area contributed by atoms with Gasteiger partial charge in [-0.2, -0.15) is 5.10 Å². The molecule has 0 spiro atoms. The van der Waals surface area contributed by atoms with E-state index in [2.05, 4.69) is 25.2 Å². The molecule has 0 radical (unpaired) electrons. The summed E-state index contributed by atoms with van der Waals surface area (Å²) in [6, 6.07) is 1.49. The summed E-state index contributed by atoms with van der Waals surface area (Å²) >= 11 is 5.04. The molecule has 2 rings (SSSR count). The number of carbonyl (C=O) groups is 1. The number of amides is 1. The molecule has 0 aromatic carbocycles. The fourth-order valence-corrected chi connectivity index (χ4v) is 1.67. The smallest absolute Gasteiger partial charge is 0.273 e. The summed E-state index contributed by atoms with van der Waals surface area (Å²) in [6.07, 6.45) is 1.34. The maximum atomic E-state index is 11.6. The van der Waals surface area contributed by atoms with Gasteiger partial charge in [0.1, 0.15) is 6.26 Å². The van der Waals surface area contributed by atoms with Crippen LogP contribution in [0.25, 0.3) is 0 Å². The lowest BCUT2D eigenvalue weighted by Gasteiger charge is -2.04. The highest BCUT2D eigenvalue weighted by Gasteiger charge is 2.10.